The number of rotatable bonds is 13. The van der Waals surface area contributed by atoms with Crippen molar-refractivity contribution in [3.63, 3.8) is 0 Å². The summed E-state index contributed by atoms with van der Waals surface area (Å²) in [7, 11) is -2.36. The first-order valence-corrected chi connectivity index (χ1v) is 15.2. The summed E-state index contributed by atoms with van der Waals surface area (Å²) >= 11 is 0. The number of hydrogen-bond acceptors (Lipinski definition) is 5. The van der Waals surface area contributed by atoms with Gasteiger partial charge >= 0.3 is 0 Å². The van der Waals surface area contributed by atoms with E-state index >= 15 is 0 Å². The smallest absolute Gasteiger partial charge is 0.244 e. The van der Waals surface area contributed by atoms with Gasteiger partial charge < -0.3 is 15.0 Å². The summed E-state index contributed by atoms with van der Waals surface area (Å²) < 4.78 is 32.1. The molecule has 0 unspecified atom stereocenters. The lowest BCUT2D eigenvalue weighted by atomic mass is 10.0. The minimum absolute atomic E-state index is 0.0917. The van der Waals surface area contributed by atoms with E-state index in [1.165, 1.54) is 12.0 Å². The second-order valence-corrected chi connectivity index (χ2v) is 11.9. The summed E-state index contributed by atoms with van der Waals surface area (Å²) in [5.41, 5.74) is 3.05. The highest BCUT2D eigenvalue weighted by molar-refractivity contribution is 7.92. The fourth-order valence-electron chi connectivity index (χ4n) is 4.38. The van der Waals surface area contributed by atoms with E-state index in [-0.39, 0.29) is 24.9 Å². The molecular weight excluding hydrogens is 526 g/mol. The molecule has 3 aromatic rings. The van der Waals surface area contributed by atoms with Crippen LogP contribution in [0.15, 0.2) is 78.9 Å². The van der Waals surface area contributed by atoms with Gasteiger partial charge in [-0.05, 0) is 43.5 Å². The number of nitrogens with zero attached hydrogens (tertiary/aromatic N) is 2. The van der Waals surface area contributed by atoms with Gasteiger partial charge in [0.2, 0.25) is 21.8 Å². The van der Waals surface area contributed by atoms with Crippen molar-refractivity contribution < 1.29 is 22.7 Å². The largest absolute Gasteiger partial charge is 0.497 e. The summed E-state index contributed by atoms with van der Waals surface area (Å²) in [6.45, 7) is 5.52. The standard InChI is InChI=1S/C31H39N3O5S/c1-6-24(3)32-31(36)29(19-25-13-8-7-9-14-25)33(21-26-15-10-12-23(2)18-26)30(35)22-34(40(5,37)38)27-16-11-17-28(20-27)39-4/h7-18,20,24,29H,6,19,21-22H2,1-5H3,(H,32,36)/t24-,29+/m1/s1. The first kappa shape index (κ1) is 30.7. The van der Waals surface area contributed by atoms with Crippen LogP contribution in [0.1, 0.15) is 37.0 Å². The Morgan fingerprint density at radius 2 is 1.62 bits per heavy atom. The number of amides is 2. The van der Waals surface area contributed by atoms with Gasteiger partial charge in [-0.1, -0.05) is 73.2 Å². The topological polar surface area (TPSA) is 96.0 Å². The Morgan fingerprint density at radius 3 is 2.25 bits per heavy atom. The van der Waals surface area contributed by atoms with Gasteiger partial charge in [0.1, 0.15) is 18.3 Å². The van der Waals surface area contributed by atoms with E-state index in [4.69, 9.17) is 4.74 Å². The van der Waals surface area contributed by atoms with E-state index in [9.17, 15) is 18.0 Å². The van der Waals surface area contributed by atoms with Crippen LogP contribution in [0.4, 0.5) is 5.69 Å². The van der Waals surface area contributed by atoms with Crippen molar-refractivity contribution in [2.75, 3.05) is 24.2 Å². The molecule has 0 saturated heterocycles. The van der Waals surface area contributed by atoms with Gasteiger partial charge in [-0.25, -0.2) is 8.42 Å². The van der Waals surface area contributed by atoms with Crippen molar-refractivity contribution in [2.24, 2.45) is 0 Å². The van der Waals surface area contributed by atoms with Crippen LogP contribution in [-0.4, -0.2) is 57.1 Å². The fraction of sp³-hybridized carbons (Fsp3) is 0.355. The molecule has 2 atom stereocenters. The monoisotopic (exact) mass is 565 g/mol. The highest BCUT2D eigenvalue weighted by atomic mass is 32.2. The summed E-state index contributed by atoms with van der Waals surface area (Å²) in [5.74, 6) is -0.313. The van der Waals surface area contributed by atoms with E-state index in [0.717, 1.165) is 33.7 Å². The lowest BCUT2D eigenvalue weighted by Crippen LogP contribution is -2.54. The van der Waals surface area contributed by atoms with E-state index in [2.05, 4.69) is 5.32 Å². The average Bonchev–Trinajstić information content (AvgIpc) is 2.93. The van der Waals surface area contributed by atoms with Crippen LogP contribution >= 0.6 is 0 Å². The van der Waals surface area contributed by atoms with Crippen LogP contribution in [0, 0.1) is 6.92 Å². The van der Waals surface area contributed by atoms with Crippen molar-refractivity contribution in [1.82, 2.24) is 10.2 Å². The highest BCUT2D eigenvalue weighted by Crippen LogP contribution is 2.24. The second-order valence-electron chi connectivity index (χ2n) is 10.0. The number of hydrogen-bond donors (Lipinski definition) is 1. The number of sulfonamides is 1. The van der Waals surface area contributed by atoms with Crippen molar-refractivity contribution in [2.45, 2.75) is 52.2 Å². The van der Waals surface area contributed by atoms with Gasteiger partial charge in [0.15, 0.2) is 0 Å². The predicted molar refractivity (Wildman–Crippen MR) is 159 cm³/mol. The van der Waals surface area contributed by atoms with Gasteiger partial charge in [-0.15, -0.1) is 0 Å². The van der Waals surface area contributed by atoms with Crippen molar-refractivity contribution >= 4 is 27.5 Å². The summed E-state index contributed by atoms with van der Waals surface area (Å²) in [6.07, 6.45) is 2.06. The van der Waals surface area contributed by atoms with Crippen molar-refractivity contribution in [3.05, 3.63) is 95.6 Å². The zero-order valence-corrected chi connectivity index (χ0v) is 24.6. The number of nitrogens with one attached hydrogen (secondary N) is 1. The second kappa shape index (κ2) is 14.0. The highest BCUT2D eigenvalue weighted by Gasteiger charge is 2.33. The summed E-state index contributed by atoms with van der Waals surface area (Å²) in [5, 5.41) is 3.03. The molecule has 0 heterocycles. The van der Waals surface area contributed by atoms with Crippen molar-refractivity contribution in [1.29, 1.82) is 0 Å². The Morgan fingerprint density at radius 1 is 0.950 bits per heavy atom. The predicted octanol–water partition coefficient (Wildman–Crippen LogP) is 4.32. The Labute approximate surface area is 238 Å². The minimum atomic E-state index is -3.85. The molecule has 40 heavy (non-hydrogen) atoms. The molecule has 0 aliphatic heterocycles. The third-order valence-electron chi connectivity index (χ3n) is 6.73. The number of aryl methyl sites for hydroxylation is 1. The van der Waals surface area contributed by atoms with E-state index in [1.807, 2.05) is 75.4 Å². The van der Waals surface area contributed by atoms with Crippen LogP contribution in [0.2, 0.25) is 0 Å². The van der Waals surface area contributed by atoms with Crippen LogP contribution < -0.4 is 14.4 Å². The first-order chi connectivity index (χ1) is 19.0. The van der Waals surface area contributed by atoms with E-state index in [1.54, 1.807) is 24.3 Å². The molecule has 0 spiro atoms. The van der Waals surface area contributed by atoms with Gasteiger partial charge in [0.25, 0.3) is 0 Å². The molecule has 8 nitrogen and oxygen atoms in total. The van der Waals surface area contributed by atoms with Gasteiger partial charge in [-0.3, -0.25) is 13.9 Å². The summed E-state index contributed by atoms with van der Waals surface area (Å²) in [4.78, 5) is 29.3. The van der Waals surface area contributed by atoms with Gasteiger partial charge in [0, 0.05) is 25.1 Å². The Balaban J connectivity index is 2.06. The Kier molecular flexibility index (Phi) is 10.7. The number of benzene rings is 3. The quantitative estimate of drug-likeness (QED) is 0.333. The fourth-order valence-corrected chi connectivity index (χ4v) is 5.22. The maximum Gasteiger partial charge on any atom is 0.244 e. The van der Waals surface area contributed by atoms with Gasteiger partial charge in [0.05, 0.1) is 19.1 Å². The zero-order chi connectivity index (χ0) is 29.3. The van der Waals surface area contributed by atoms with Crippen LogP contribution in [0.25, 0.3) is 0 Å². The lowest BCUT2D eigenvalue weighted by Gasteiger charge is -2.34. The lowest BCUT2D eigenvalue weighted by molar-refractivity contribution is -0.140. The molecule has 214 valence electrons. The molecule has 0 aliphatic rings. The molecule has 0 radical (unpaired) electrons. The Hall–Kier alpha value is -3.85. The van der Waals surface area contributed by atoms with Crippen molar-refractivity contribution in [3.8, 4) is 5.75 Å². The zero-order valence-electron chi connectivity index (χ0n) is 23.8. The number of carbonyl (C=O) groups excluding carboxylic acids is 2. The van der Waals surface area contributed by atoms with Crippen LogP contribution in [0.3, 0.4) is 0 Å². The van der Waals surface area contributed by atoms with Gasteiger partial charge in [-0.2, -0.15) is 0 Å². The molecule has 2 amide bonds. The van der Waals surface area contributed by atoms with Crippen LogP contribution in [0.5, 0.6) is 5.75 Å². The molecule has 9 heteroatoms. The average molecular weight is 566 g/mol. The van der Waals surface area contributed by atoms with E-state index in [0.29, 0.717) is 11.4 Å². The Bertz CT molecular complexity index is 1390. The van der Waals surface area contributed by atoms with E-state index < -0.39 is 28.5 Å². The SMILES string of the molecule is CC[C@@H](C)NC(=O)[C@H](Cc1ccccc1)N(Cc1cccc(C)c1)C(=O)CN(c1cccc(OC)c1)S(C)(=O)=O. The molecule has 3 aromatic carbocycles. The number of methoxy groups -OCH3 is 1. The molecule has 0 aliphatic carbocycles. The molecule has 0 saturated carbocycles. The molecule has 3 rings (SSSR count). The normalized spacial score (nSPS) is 12.7. The molecular formula is C31H39N3O5S. The molecule has 1 N–H and O–H groups in total. The molecule has 0 bridgehead atoms. The minimum Gasteiger partial charge on any atom is -0.497 e. The summed E-state index contributed by atoms with van der Waals surface area (Å²) in [6, 6.07) is 22.8. The molecule has 0 aromatic heterocycles. The van der Waals surface area contributed by atoms with Crippen LogP contribution in [-0.2, 0) is 32.6 Å². The third-order valence-corrected chi connectivity index (χ3v) is 7.87. The number of anilines is 1. The maximum atomic E-state index is 14.1. The number of carbonyl (C=O) groups is 2. The number of ether oxygens (including phenoxy) is 1. The first-order valence-electron chi connectivity index (χ1n) is 13.3. The third kappa shape index (κ3) is 8.58. The maximum absolute atomic E-state index is 14.1. The molecule has 0 fully saturated rings.